The number of carbonyl (C=O) groups excluding carboxylic acids is 1. The summed E-state index contributed by atoms with van der Waals surface area (Å²) in [5, 5.41) is 6.81. The number of carbonyl (C=O) groups is 1. The fourth-order valence-electron chi connectivity index (χ4n) is 2.75. The van der Waals surface area contributed by atoms with Crippen molar-refractivity contribution in [3.63, 3.8) is 0 Å². The molecule has 1 aromatic carbocycles. The number of ketones is 1. The number of thioether (sulfide) groups is 1. The second-order valence-electron chi connectivity index (χ2n) is 5.71. The number of nitrogen functional groups attached to an aromatic ring is 1. The van der Waals surface area contributed by atoms with Crippen LogP contribution in [0.5, 0.6) is 5.75 Å². The maximum atomic E-state index is 12.6. The first-order valence-electron chi connectivity index (χ1n) is 7.93. The Hall–Kier alpha value is -2.88. The van der Waals surface area contributed by atoms with E-state index in [4.69, 9.17) is 5.73 Å². The molecular formula is C17H17F2N5O2S. The number of aryl methyl sites for hydroxylation is 1. The first kappa shape index (κ1) is 18.9. The first-order chi connectivity index (χ1) is 12.8. The zero-order chi connectivity index (χ0) is 19.6. The second-order valence-corrected chi connectivity index (χ2v) is 6.65. The molecule has 0 bridgehead atoms. The SMILES string of the molecule is Cc1cc(C(=O)CSc2n[nH]c(N)n2)c(C)n1-c1ccc(OC(F)F)cc1. The van der Waals surface area contributed by atoms with Crippen molar-refractivity contribution in [1.82, 2.24) is 19.7 Å². The van der Waals surface area contributed by atoms with Gasteiger partial charge in [-0.25, -0.2) is 5.10 Å². The van der Waals surface area contributed by atoms with E-state index in [1.807, 2.05) is 18.4 Å². The molecule has 0 aliphatic heterocycles. The molecule has 0 spiro atoms. The summed E-state index contributed by atoms with van der Waals surface area (Å²) in [5.74, 6) is 0.375. The van der Waals surface area contributed by atoms with Gasteiger partial charge in [-0.2, -0.15) is 13.8 Å². The topological polar surface area (TPSA) is 98.8 Å². The van der Waals surface area contributed by atoms with E-state index >= 15 is 0 Å². The molecule has 0 aliphatic carbocycles. The molecule has 3 N–H and O–H groups in total. The number of rotatable bonds is 7. The van der Waals surface area contributed by atoms with E-state index in [-0.39, 0.29) is 23.2 Å². The number of H-pyrrole nitrogens is 1. The third-order valence-electron chi connectivity index (χ3n) is 3.87. The largest absolute Gasteiger partial charge is 0.435 e. The van der Waals surface area contributed by atoms with Crippen LogP contribution in [0.4, 0.5) is 14.7 Å². The van der Waals surface area contributed by atoms with E-state index in [9.17, 15) is 13.6 Å². The van der Waals surface area contributed by atoms with E-state index in [0.717, 1.165) is 17.1 Å². The van der Waals surface area contributed by atoms with Gasteiger partial charge in [0, 0.05) is 22.6 Å². The maximum absolute atomic E-state index is 12.6. The van der Waals surface area contributed by atoms with Gasteiger partial charge < -0.3 is 15.0 Å². The molecule has 2 aromatic heterocycles. The molecule has 2 heterocycles. The molecule has 0 radical (unpaired) electrons. The van der Waals surface area contributed by atoms with Crippen LogP contribution in [0.15, 0.2) is 35.5 Å². The lowest BCUT2D eigenvalue weighted by Gasteiger charge is -2.11. The molecule has 0 saturated heterocycles. The van der Waals surface area contributed by atoms with Crippen LogP contribution in [-0.2, 0) is 0 Å². The average molecular weight is 393 g/mol. The molecule has 0 saturated carbocycles. The Morgan fingerprint density at radius 3 is 2.63 bits per heavy atom. The van der Waals surface area contributed by atoms with Crippen LogP contribution in [0, 0.1) is 13.8 Å². The van der Waals surface area contributed by atoms with Crippen LogP contribution in [-0.4, -0.2) is 37.9 Å². The zero-order valence-electron chi connectivity index (χ0n) is 14.6. The van der Waals surface area contributed by atoms with Crippen molar-refractivity contribution in [3.8, 4) is 11.4 Å². The van der Waals surface area contributed by atoms with Crippen molar-refractivity contribution < 1.29 is 18.3 Å². The number of nitrogens with one attached hydrogen (secondary N) is 1. The lowest BCUT2D eigenvalue weighted by molar-refractivity contribution is -0.0498. The minimum atomic E-state index is -2.87. The quantitative estimate of drug-likeness (QED) is 0.472. The summed E-state index contributed by atoms with van der Waals surface area (Å²) in [6.45, 7) is 0.836. The van der Waals surface area contributed by atoms with Gasteiger partial charge in [-0.15, -0.1) is 5.10 Å². The Bertz CT molecular complexity index is 953. The molecule has 27 heavy (non-hydrogen) atoms. The third-order valence-corrected chi connectivity index (χ3v) is 4.71. The number of benzene rings is 1. The first-order valence-corrected chi connectivity index (χ1v) is 8.91. The predicted molar refractivity (Wildman–Crippen MR) is 97.7 cm³/mol. The van der Waals surface area contributed by atoms with E-state index in [2.05, 4.69) is 19.9 Å². The van der Waals surface area contributed by atoms with Gasteiger partial charge in [0.15, 0.2) is 5.78 Å². The maximum Gasteiger partial charge on any atom is 0.387 e. The van der Waals surface area contributed by atoms with Crippen molar-refractivity contribution in [2.24, 2.45) is 0 Å². The van der Waals surface area contributed by atoms with E-state index < -0.39 is 6.61 Å². The Kier molecular flexibility index (Phi) is 5.45. The summed E-state index contributed by atoms with van der Waals surface area (Å²) >= 11 is 1.19. The molecule has 0 aliphatic rings. The normalized spacial score (nSPS) is 11.1. The number of hydrogen-bond acceptors (Lipinski definition) is 6. The number of aromatic amines is 1. The van der Waals surface area contributed by atoms with Crippen LogP contribution in [0.2, 0.25) is 0 Å². The van der Waals surface area contributed by atoms with Gasteiger partial charge in [0.2, 0.25) is 11.1 Å². The Morgan fingerprint density at radius 1 is 1.33 bits per heavy atom. The van der Waals surface area contributed by atoms with Gasteiger partial charge in [0.05, 0.1) is 5.75 Å². The van der Waals surface area contributed by atoms with Crippen molar-refractivity contribution in [1.29, 1.82) is 0 Å². The smallest absolute Gasteiger partial charge is 0.387 e. The summed E-state index contributed by atoms with van der Waals surface area (Å²) in [6, 6.07) is 8.05. The lowest BCUT2D eigenvalue weighted by atomic mass is 10.2. The van der Waals surface area contributed by atoms with Crippen LogP contribution >= 0.6 is 11.8 Å². The Morgan fingerprint density at radius 2 is 2.04 bits per heavy atom. The number of ether oxygens (including phenoxy) is 1. The van der Waals surface area contributed by atoms with Gasteiger partial charge in [-0.3, -0.25) is 4.79 Å². The van der Waals surface area contributed by atoms with Crippen LogP contribution in [0.1, 0.15) is 21.7 Å². The highest BCUT2D eigenvalue weighted by molar-refractivity contribution is 7.99. The number of nitrogens with zero attached hydrogens (tertiary/aromatic N) is 3. The van der Waals surface area contributed by atoms with Gasteiger partial charge in [-0.1, -0.05) is 11.8 Å². The standard InChI is InChI=1S/C17H17F2N5O2S/c1-9-7-13(14(25)8-27-17-21-16(20)22-23-17)10(2)24(9)11-3-5-12(6-4-11)26-15(18)19/h3-7,15H,8H2,1-2H3,(H3,20,21,22,23). The third kappa shape index (κ3) is 4.27. The van der Waals surface area contributed by atoms with Gasteiger partial charge in [0.1, 0.15) is 5.75 Å². The number of Topliss-reactive ketones (excluding diaryl/α,β-unsaturated/α-hetero) is 1. The molecule has 3 rings (SSSR count). The molecule has 0 atom stereocenters. The highest BCUT2D eigenvalue weighted by atomic mass is 32.2. The van der Waals surface area contributed by atoms with E-state index in [0.29, 0.717) is 10.7 Å². The minimum absolute atomic E-state index is 0.0691. The molecular weight excluding hydrogens is 376 g/mol. The molecule has 0 unspecified atom stereocenters. The number of nitrogens with two attached hydrogens (primary N) is 1. The fourth-order valence-corrected chi connectivity index (χ4v) is 3.44. The molecule has 0 fully saturated rings. The highest BCUT2D eigenvalue weighted by Crippen LogP contribution is 2.25. The number of anilines is 1. The van der Waals surface area contributed by atoms with Crippen LogP contribution < -0.4 is 10.5 Å². The Labute approximate surface area is 157 Å². The van der Waals surface area contributed by atoms with Crippen molar-refractivity contribution >= 4 is 23.5 Å². The lowest BCUT2D eigenvalue weighted by Crippen LogP contribution is -2.06. The number of aromatic nitrogens is 4. The molecule has 10 heteroatoms. The van der Waals surface area contributed by atoms with Gasteiger partial charge >= 0.3 is 6.61 Å². The number of alkyl halides is 2. The van der Waals surface area contributed by atoms with Crippen molar-refractivity contribution in [3.05, 3.63) is 47.3 Å². The molecule has 142 valence electrons. The summed E-state index contributed by atoms with van der Waals surface area (Å²) < 4.78 is 30.8. The van der Waals surface area contributed by atoms with Gasteiger partial charge in [-0.05, 0) is 44.2 Å². The number of hydrogen-bond donors (Lipinski definition) is 2. The predicted octanol–water partition coefficient (Wildman–Crippen LogP) is 3.37. The monoisotopic (exact) mass is 393 g/mol. The fraction of sp³-hybridized carbons (Fsp3) is 0.235. The Balaban J connectivity index is 1.78. The molecule has 3 aromatic rings. The van der Waals surface area contributed by atoms with Crippen molar-refractivity contribution in [2.75, 3.05) is 11.5 Å². The molecule has 7 nitrogen and oxygen atoms in total. The zero-order valence-corrected chi connectivity index (χ0v) is 15.4. The number of halogens is 2. The summed E-state index contributed by atoms with van der Waals surface area (Å²) in [7, 11) is 0. The minimum Gasteiger partial charge on any atom is -0.435 e. The average Bonchev–Trinajstić information content (AvgIpc) is 3.16. The second kappa shape index (κ2) is 7.78. The summed E-state index contributed by atoms with van der Waals surface area (Å²) in [6.07, 6.45) is 0. The molecule has 0 amide bonds. The summed E-state index contributed by atoms with van der Waals surface area (Å²) in [4.78, 5) is 16.5. The van der Waals surface area contributed by atoms with Crippen molar-refractivity contribution in [2.45, 2.75) is 25.6 Å². The summed E-state index contributed by atoms with van der Waals surface area (Å²) in [5.41, 5.74) is 8.41. The van der Waals surface area contributed by atoms with E-state index in [1.54, 1.807) is 18.2 Å². The van der Waals surface area contributed by atoms with Gasteiger partial charge in [0.25, 0.3) is 0 Å². The van der Waals surface area contributed by atoms with Crippen LogP contribution in [0.3, 0.4) is 0 Å². The van der Waals surface area contributed by atoms with Crippen LogP contribution in [0.25, 0.3) is 5.69 Å². The highest BCUT2D eigenvalue weighted by Gasteiger charge is 2.18. The van der Waals surface area contributed by atoms with E-state index in [1.165, 1.54) is 23.9 Å².